The van der Waals surface area contributed by atoms with Crippen molar-refractivity contribution in [3.63, 3.8) is 0 Å². The molecule has 1 aliphatic heterocycles. The quantitative estimate of drug-likeness (QED) is 0.812. The summed E-state index contributed by atoms with van der Waals surface area (Å²) in [5.74, 6) is -0.156. The Morgan fingerprint density at radius 2 is 2.19 bits per heavy atom. The van der Waals surface area contributed by atoms with Crippen molar-refractivity contribution in [2.24, 2.45) is 0 Å². The molecule has 3 nitrogen and oxygen atoms in total. The molecule has 0 amide bonds. The molecule has 1 aromatic carbocycles. The molecule has 0 aliphatic carbocycles. The van der Waals surface area contributed by atoms with Crippen LogP contribution in [0.5, 0.6) is 0 Å². The van der Waals surface area contributed by atoms with Crippen molar-refractivity contribution in [2.45, 2.75) is 22.6 Å². The summed E-state index contributed by atoms with van der Waals surface area (Å²) in [5.41, 5.74) is 0. The highest BCUT2D eigenvalue weighted by Gasteiger charge is 2.30. The van der Waals surface area contributed by atoms with Crippen molar-refractivity contribution in [1.82, 2.24) is 5.32 Å². The Hall–Kier alpha value is -1.00. The predicted octanol–water partition coefficient (Wildman–Crippen LogP) is 1.68. The number of rotatable bonds is 3. The number of benzene rings is 1. The smallest absolute Gasteiger partial charge is 0.322 e. The number of hydrogen-bond acceptors (Lipinski definition) is 4. The van der Waals surface area contributed by atoms with E-state index in [0.717, 1.165) is 13.0 Å². The van der Waals surface area contributed by atoms with Gasteiger partial charge in [-0.25, -0.2) is 0 Å². The summed E-state index contributed by atoms with van der Waals surface area (Å²) in [6.45, 7) is 0.860. The molecular formula is C12H15NO2S. The Kier molecular flexibility index (Phi) is 3.85. The maximum atomic E-state index is 11.3. The van der Waals surface area contributed by atoms with Crippen LogP contribution >= 0.6 is 11.8 Å². The molecular weight excluding hydrogens is 222 g/mol. The first-order chi connectivity index (χ1) is 7.79. The van der Waals surface area contributed by atoms with Crippen molar-refractivity contribution >= 4 is 17.7 Å². The van der Waals surface area contributed by atoms with E-state index < -0.39 is 0 Å². The fraction of sp³-hybridized carbons (Fsp3) is 0.417. The van der Waals surface area contributed by atoms with Gasteiger partial charge in [-0.05, 0) is 18.6 Å². The average molecular weight is 237 g/mol. The molecule has 2 rings (SSSR count). The van der Waals surface area contributed by atoms with E-state index in [1.54, 1.807) is 0 Å². The lowest BCUT2D eigenvalue weighted by Crippen LogP contribution is -2.31. The second kappa shape index (κ2) is 5.37. The maximum Gasteiger partial charge on any atom is 0.322 e. The largest absolute Gasteiger partial charge is 0.468 e. The first-order valence-corrected chi connectivity index (χ1v) is 6.20. The lowest BCUT2D eigenvalue weighted by molar-refractivity contribution is -0.142. The highest BCUT2D eigenvalue weighted by Crippen LogP contribution is 2.28. The Morgan fingerprint density at radius 1 is 1.44 bits per heavy atom. The van der Waals surface area contributed by atoms with Gasteiger partial charge in [-0.1, -0.05) is 18.2 Å². The molecule has 4 heteroatoms. The molecule has 1 aromatic rings. The number of carbonyl (C=O) groups is 1. The lowest BCUT2D eigenvalue weighted by Gasteiger charge is -2.08. The number of ether oxygens (including phenoxy) is 1. The van der Waals surface area contributed by atoms with E-state index in [1.165, 1.54) is 12.0 Å². The van der Waals surface area contributed by atoms with Gasteiger partial charge >= 0.3 is 5.97 Å². The summed E-state index contributed by atoms with van der Waals surface area (Å²) in [6, 6.07) is 10.1. The summed E-state index contributed by atoms with van der Waals surface area (Å²) < 4.78 is 4.72. The zero-order valence-electron chi connectivity index (χ0n) is 9.18. The molecule has 0 unspecified atom stereocenters. The molecule has 1 heterocycles. The molecule has 0 radical (unpaired) electrons. The van der Waals surface area contributed by atoms with Crippen LogP contribution in [0.2, 0.25) is 0 Å². The first kappa shape index (κ1) is 11.5. The molecule has 1 saturated heterocycles. The normalized spacial score (nSPS) is 24.3. The molecule has 16 heavy (non-hydrogen) atoms. The summed E-state index contributed by atoms with van der Waals surface area (Å²) >= 11 is 1.81. The van der Waals surface area contributed by atoms with E-state index in [0.29, 0.717) is 5.25 Å². The second-order valence-corrected chi connectivity index (χ2v) is 5.15. The highest BCUT2D eigenvalue weighted by molar-refractivity contribution is 8.00. The summed E-state index contributed by atoms with van der Waals surface area (Å²) in [4.78, 5) is 12.6. The third-order valence-electron chi connectivity index (χ3n) is 2.62. The zero-order valence-corrected chi connectivity index (χ0v) is 10.00. The number of carbonyl (C=O) groups excluding carboxylic acids is 1. The van der Waals surface area contributed by atoms with Gasteiger partial charge in [0.15, 0.2) is 0 Å². The highest BCUT2D eigenvalue weighted by atomic mass is 32.2. The average Bonchev–Trinajstić information content (AvgIpc) is 2.78. The van der Waals surface area contributed by atoms with Crippen molar-refractivity contribution in [2.75, 3.05) is 13.7 Å². The van der Waals surface area contributed by atoms with Gasteiger partial charge in [0.05, 0.1) is 7.11 Å². The predicted molar refractivity (Wildman–Crippen MR) is 64.5 cm³/mol. The van der Waals surface area contributed by atoms with Crippen LogP contribution in [-0.4, -0.2) is 30.9 Å². The summed E-state index contributed by atoms with van der Waals surface area (Å²) in [5, 5.41) is 3.63. The molecule has 0 bridgehead atoms. The van der Waals surface area contributed by atoms with E-state index in [9.17, 15) is 4.79 Å². The van der Waals surface area contributed by atoms with Gasteiger partial charge in [-0.15, -0.1) is 11.8 Å². The van der Waals surface area contributed by atoms with Crippen LogP contribution in [0.4, 0.5) is 0 Å². The van der Waals surface area contributed by atoms with Crippen LogP contribution < -0.4 is 5.32 Å². The van der Waals surface area contributed by atoms with Gasteiger partial charge in [-0.2, -0.15) is 0 Å². The van der Waals surface area contributed by atoms with Gasteiger partial charge in [0.1, 0.15) is 6.04 Å². The minimum atomic E-state index is -0.156. The molecule has 0 aromatic heterocycles. The van der Waals surface area contributed by atoms with Gasteiger partial charge in [-0.3, -0.25) is 4.79 Å². The Bertz CT molecular complexity index is 355. The SMILES string of the molecule is COC(=O)[C@H]1C[C@H](Sc2ccccc2)CN1. The van der Waals surface area contributed by atoms with Crippen molar-refractivity contribution < 1.29 is 9.53 Å². The Morgan fingerprint density at radius 3 is 2.88 bits per heavy atom. The standard InChI is InChI=1S/C12H15NO2S/c1-15-12(14)11-7-10(8-13-11)16-9-5-3-2-4-6-9/h2-6,10-11,13H,7-8H2,1H3/t10-,11+/m0/s1. The number of methoxy groups -OCH3 is 1. The minimum Gasteiger partial charge on any atom is -0.468 e. The molecule has 1 N–H and O–H groups in total. The second-order valence-electron chi connectivity index (χ2n) is 3.77. The van der Waals surface area contributed by atoms with Gasteiger partial charge < -0.3 is 10.1 Å². The van der Waals surface area contributed by atoms with Crippen LogP contribution in [0.15, 0.2) is 35.2 Å². The molecule has 2 atom stereocenters. The van der Waals surface area contributed by atoms with Crippen molar-refractivity contribution in [3.8, 4) is 0 Å². The summed E-state index contributed by atoms with van der Waals surface area (Å²) in [7, 11) is 1.43. The maximum absolute atomic E-state index is 11.3. The number of esters is 1. The number of hydrogen-bond donors (Lipinski definition) is 1. The number of nitrogens with one attached hydrogen (secondary N) is 1. The van der Waals surface area contributed by atoms with E-state index in [4.69, 9.17) is 4.74 Å². The van der Waals surface area contributed by atoms with Crippen LogP contribution in [0.25, 0.3) is 0 Å². The van der Waals surface area contributed by atoms with E-state index >= 15 is 0 Å². The molecule has 0 spiro atoms. The Balaban J connectivity index is 1.88. The monoisotopic (exact) mass is 237 g/mol. The fourth-order valence-electron chi connectivity index (χ4n) is 1.81. The topological polar surface area (TPSA) is 38.3 Å². The molecule has 1 fully saturated rings. The van der Waals surface area contributed by atoms with Crippen molar-refractivity contribution in [3.05, 3.63) is 30.3 Å². The van der Waals surface area contributed by atoms with Gasteiger partial charge in [0.2, 0.25) is 0 Å². The van der Waals surface area contributed by atoms with Crippen LogP contribution in [-0.2, 0) is 9.53 Å². The Labute approximate surface area is 99.6 Å². The third kappa shape index (κ3) is 2.77. The van der Waals surface area contributed by atoms with Gasteiger partial charge in [0, 0.05) is 16.7 Å². The van der Waals surface area contributed by atoms with Crippen LogP contribution in [0, 0.1) is 0 Å². The van der Waals surface area contributed by atoms with Gasteiger partial charge in [0.25, 0.3) is 0 Å². The fourth-order valence-corrected chi connectivity index (χ4v) is 2.97. The van der Waals surface area contributed by atoms with E-state index in [1.807, 2.05) is 30.0 Å². The lowest BCUT2D eigenvalue weighted by atomic mass is 10.2. The summed E-state index contributed by atoms with van der Waals surface area (Å²) in [6.07, 6.45) is 0.840. The number of thioether (sulfide) groups is 1. The first-order valence-electron chi connectivity index (χ1n) is 5.32. The third-order valence-corrected chi connectivity index (χ3v) is 3.86. The van der Waals surface area contributed by atoms with Crippen molar-refractivity contribution in [1.29, 1.82) is 0 Å². The van der Waals surface area contributed by atoms with E-state index in [2.05, 4.69) is 17.4 Å². The van der Waals surface area contributed by atoms with Crippen LogP contribution in [0.3, 0.4) is 0 Å². The molecule has 86 valence electrons. The molecule has 0 saturated carbocycles. The van der Waals surface area contributed by atoms with Crippen LogP contribution in [0.1, 0.15) is 6.42 Å². The minimum absolute atomic E-state index is 0.133. The molecule has 1 aliphatic rings. The zero-order chi connectivity index (χ0) is 11.4. The van der Waals surface area contributed by atoms with E-state index in [-0.39, 0.29) is 12.0 Å².